The average molecular weight is 223 g/mol. The summed E-state index contributed by atoms with van der Waals surface area (Å²) < 4.78 is 0. The van der Waals surface area contributed by atoms with Gasteiger partial charge in [0, 0.05) is 0 Å². The average Bonchev–Trinajstić information content (AvgIpc) is 2.77. The predicted molar refractivity (Wildman–Crippen MR) is 60.6 cm³/mol. The van der Waals surface area contributed by atoms with Crippen LogP contribution in [0.15, 0.2) is 17.5 Å². The van der Waals surface area contributed by atoms with Crippen LogP contribution >= 0.6 is 0 Å². The highest BCUT2D eigenvalue weighted by Gasteiger charge is 2.22. The molecule has 0 aliphatic rings. The van der Waals surface area contributed by atoms with E-state index in [0.29, 0.717) is 15.2 Å². The molecule has 1 heterocycles. The maximum atomic E-state index is 10.1. The molecular weight excluding hydrogens is 206 g/mol. The first-order valence-electron chi connectivity index (χ1n) is 5.12. The smallest absolute Gasteiger partial charge is 0.111 e. The second-order valence-corrected chi connectivity index (χ2v) is 5.29. The number of hydrogen-bond acceptors (Lipinski definition) is 3. The molecule has 5 heteroatoms. The molecule has 0 aliphatic carbocycles. The molecule has 0 spiro atoms. The van der Waals surface area contributed by atoms with Gasteiger partial charge in [-0.05, 0) is 19.4 Å². The van der Waals surface area contributed by atoms with Crippen molar-refractivity contribution in [2.75, 3.05) is 0 Å². The molecular formula is C10H17N3OSi. The summed E-state index contributed by atoms with van der Waals surface area (Å²) in [7, 11) is 0.645. The molecule has 0 aliphatic heterocycles. The van der Waals surface area contributed by atoms with Crippen LogP contribution in [0.1, 0.15) is 39.0 Å². The van der Waals surface area contributed by atoms with Gasteiger partial charge in [0.2, 0.25) is 0 Å². The quantitative estimate of drug-likeness (QED) is 0.746. The molecule has 82 valence electrons. The number of rotatable bonds is 5. The molecule has 1 rings (SSSR count). The highest BCUT2D eigenvalue weighted by atomic mass is 28.2. The molecule has 0 saturated heterocycles. The number of aliphatic hydroxyl groups is 1. The van der Waals surface area contributed by atoms with E-state index in [1.54, 1.807) is 6.20 Å². The molecule has 0 saturated carbocycles. The standard InChI is InChI=1S/C10H17N3OSi/c1-4-7(3)15-9(5-2)10(14)8-6-11-13-12-8/h4,6,9-10,14H,5H2,1-3H3,(H,11,12,13). The van der Waals surface area contributed by atoms with E-state index in [1.165, 1.54) is 5.20 Å². The Morgan fingerprint density at radius 1 is 1.73 bits per heavy atom. The Hall–Kier alpha value is -0.943. The van der Waals surface area contributed by atoms with Crippen molar-refractivity contribution in [2.45, 2.75) is 38.8 Å². The summed E-state index contributed by atoms with van der Waals surface area (Å²) in [5.41, 5.74) is 0.879. The fourth-order valence-electron chi connectivity index (χ4n) is 1.34. The Morgan fingerprint density at radius 2 is 2.47 bits per heavy atom. The summed E-state index contributed by atoms with van der Waals surface area (Å²) in [6.07, 6.45) is 4.11. The molecule has 2 N–H and O–H groups in total. The first-order valence-corrected chi connectivity index (χ1v) is 6.20. The molecule has 1 aromatic rings. The fourth-order valence-corrected chi connectivity index (χ4v) is 2.62. The van der Waals surface area contributed by atoms with E-state index in [-0.39, 0.29) is 5.54 Å². The molecule has 4 nitrogen and oxygen atoms in total. The topological polar surface area (TPSA) is 61.8 Å². The van der Waals surface area contributed by atoms with E-state index >= 15 is 0 Å². The molecule has 0 fully saturated rings. The normalized spacial score (nSPS) is 16.4. The monoisotopic (exact) mass is 223 g/mol. The van der Waals surface area contributed by atoms with Crippen molar-refractivity contribution in [3.63, 3.8) is 0 Å². The number of hydrogen-bond donors (Lipinski definition) is 2. The van der Waals surface area contributed by atoms with Crippen LogP contribution in [0.5, 0.6) is 0 Å². The number of allylic oxidation sites excluding steroid dienone is 2. The Balaban J connectivity index is 2.66. The van der Waals surface area contributed by atoms with Gasteiger partial charge in [-0.2, -0.15) is 15.4 Å². The van der Waals surface area contributed by atoms with Crippen molar-refractivity contribution in [3.8, 4) is 0 Å². The third kappa shape index (κ3) is 3.28. The van der Waals surface area contributed by atoms with E-state index in [9.17, 15) is 5.11 Å². The van der Waals surface area contributed by atoms with E-state index < -0.39 is 6.10 Å². The van der Waals surface area contributed by atoms with Gasteiger partial charge >= 0.3 is 0 Å². The fraction of sp³-hybridized carbons (Fsp3) is 0.600. The van der Waals surface area contributed by atoms with Gasteiger partial charge in [-0.1, -0.05) is 24.6 Å². The van der Waals surface area contributed by atoms with E-state index in [4.69, 9.17) is 0 Å². The van der Waals surface area contributed by atoms with E-state index in [2.05, 4.69) is 35.3 Å². The van der Waals surface area contributed by atoms with Crippen LogP contribution in [-0.4, -0.2) is 30.0 Å². The molecule has 2 unspecified atom stereocenters. The Kier molecular flexibility index (Phi) is 4.71. The largest absolute Gasteiger partial charge is 0.387 e. The zero-order valence-corrected chi connectivity index (χ0v) is 10.4. The first-order chi connectivity index (χ1) is 7.19. The maximum Gasteiger partial charge on any atom is 0.111 e. The maximum absolute atomic E-state index is 10.1. The van der Waals surface area contributed by atoms with Crippen LogP contribution in [0.3, 0.4) is 0 Å². The van der Waals surface area contributed by atoms with Crippen LogP contribution in [0, 0.1) is 0 Å². The van der Waals surface area contributed by atoms with Crippen molar-refractivity contribution < 1.29 is 5.11 Å². The predicted octanol–water partition coefficient (Wildman–Crippen LogP) is 1.66. The number of aliphatic hydroxyl groups excluding tert-OH is 1. The minimum Gasteiger partial charge on any atom is -0.387 e. The lowest BCUT2D eigenvalue weighted by Gasteiger charge is -2.18. The molecule has 2 atom stereocenters. The Morgan fingerprint density at radius 3 is 2.93 bits per heavy atom. The second-order valence-electron chi connectivity index (χ2n) is 3.47. The lowest BCUT2D eigenvalue weighted by molar-refractivity contribution is 0.161. The zero-order valence-electron chi connectivity index (χ0n) is 9.36. The summed E-state index contributed by atoms with van der Waals surface area (Å²) in [5, 5.41) is 21.5. The molecule has 0 bridgehead atoms. The van der Waals surface area contributed by atoms with Crippen LogP contribution < -0.4 is 0 Å². The van der Waals surface area contributed by atoms with Gasteiger partial charge in [0.25, 0.3) is 0 Å². The van der Waals surface area contributed by atoms with Crippen molar-refractivity contribution in [2.24, 2.45) is 0 Å². The van der Waals surface area contributed by atoms with Crippen molar-refractivity contribution in [1.29, 1.82) is 0 Å². The number of H-pyrrole nitrogens is 1. The molecule has 0 amide bonds. The van der Waals surface area contributed by atoms with Gasteiger partial charge in [0.1, 0.15) is 5.69 Å². The Labute approximate surface area is 92.6 Å². The number of aromatic amines is 1. The molecule has 1 aromatic heterocycles. The van der Waals surface area contributed by atoms with Crippen LogP contribution in [-0.2, 0) is 0 Å². The van der Waals surface area contributed by atoms with E-state index in [0.717, 1.165) is 6.42 Å². The zero-order chi connectivity index (χ0) is 11.3. The van der Waals surface area contributed by atoms with E-state index in [1.807, 2.05) is 6.92 Å². The highest BCUT2D eigenvalue weighted by Crippen LogP contribution is 2.28. The summed E-state index contributed by atoms with van der Waals surface area (Å²) in [6.45, 7) is 6.21. The number of nitrogens with one attached hydrogen (secondary N) is 1. The lowest BCUT2D eigenvalue weighted by Crippen LogP contribution is -2.14. The van der Waals surface area contributed by atoms with Gasteiger partial charge in [0.15, 0.2) is 0 Å². The van der Waals surface area contributed by atoms with Crippen LogP contribution in [0.4, 0.5) is 0 Å². The molecule has 2 radical (unpaired) electrons. The highest BCUT2D eigenvalue weighted by molar-refractivity contribution is 6.47. The SMILES string of the molecule is CC=C(C)[Si]C(CC)C(O)c1cn[nH]n1. The second kappa shape index (κ2) is 5.82. The third-order valence-corrected chi connectivity index (χ3v) is 4.24. The minimum atomic E-state index is -0.512. The molecule has 15 heavy (non-hydrogen) atoms. The summed E-state index contributed by atoms with van der Waals surface area (Å²) >= 11 is 0. The van der Waals surface area contributed by atoms with Gasteiger partial charge in [-0.3, -0.25) is 0 Å². The summed E-state index contributed by atoms with van der Waals surface area (Å²) in [5.74, 6) is 0. The van der Waals surface area contributed by atoms with Gasteiger partial charge in [-0.15, -0.1) is 0 Å². The number of aromatic nitrogens is 3. The lowest BCUT2D eigenvalue weighted by atomic mass is 10.1. The van der Waals surface area contributed by atoms with Crippen molar-refractivity contribution >= 4 is 9.52 Å². The van der Waals surface area contributed by atoms with Gasteiger partial charge < -0.3 is 5.11 Å². The first kappa shape index (κ1) is 12.1. The minimum absolute atomic E-state index is 0.242. The molecule has 0 aromatic carbocycles. The number of nitrogens with zero attached hydrogens (tertiary/aromatic N) is 2. The van der Waals surface area contributed by atoms with Crippen LogP contribution in [0.2, 0.25) is 5.54 Å². The van der Waals surface area contributed by atoms with Crippen molar-refractivity contribution in [1.82, 2.24) is 15.4 Å². The summed E-state index contributed by atoms with van der Waals surface area (Å²) in [4.78, 5) is 0. The van der Waals surface area contributed by atoms with Crippen LogP contribution in [0.25, 0.3) is 0 Å². The third-order valence-electron chi connectivity index (χ3n) is 2.40. The summed E-state index contributed by atoms with van der Waals surface area (Å²) in [6, 6.07) is 0. The van der Waals surface area contributed by atoms with Crippen molar-refractivity contribution in [3.05, 3.63) is 23.2 Å². The van der Waals surface area contributed by atoms with Gasteiger partial charge in [0.05, 0.1) is 21.8 Å². The Bertz CT molecular complexity index is 310. The van der Waals surface area contributed by atoms with Gasteiger partial charge in [-0.25, -0.2) is 0 Å².